The second kappa shape index (κ2) is 10.8. The third kappa shape index (κ3) is 6.57. The first kappa shape index (κ1) is 20.3. The highest BCUT2D eigenvalue weighted by atomic mass is 16.5. The maximum Gasteiger partial charge on any atom is 0.221 e. The molecule has 150 valence electrons. The number of methoxy groups -OCH3 is 1. The lowest BCUT2D eigenvalue weighted by Gasteiger charge is -2.10. The van der Waals surface area contributed by atoms with E-state index in [2.05, 4.69) is 10.6 Å². The summed E-state index contributed by atoms with van der Waals surface area (Å²) in [6.45, 7) is 1.16. The van der Waals surface area contributed by atoms with E-state index in [4.69, 9.17) is 9.47 Å². The van der Waals surface area contributed by atoms with Crippen molar-refractivity contribution < 1.29 is 14.3 Å². The Hall–Kier alpha value is -3.47. The summed E-state index contributed by atoms with van der Waals surface area (Å²) in [5.74, 6) is 2.45. The lowest BCUT2D eigenvalue weighted by atomic mass is 10.1. The molecule has 0 spiro atoms. The van der Waals surface area contributed by atoms with Crippen LogP contribution >= 0.6 is 0 Å². The molecule has 3 aromatic rings. The Labute approximate surface area is 171 Å². The van der Waals surface area contributed by atoms with Crippen LogP contribution in [0.25, 0.3) is 0 Å². The molecule has 0 heterocycles. The average molecular weight is 390 g/mol. The van der Waals surface area contributed by atoms with Crippen LogP contribution in [-0.2, 0) is 11.2 Å². The smallest absolute Gasteiger partial charge is 0.221 e. The zero-order valence-electron chi connectivity index (χ0n) is 16.6. The second-order valence-electron chi connectivity index (χ2n) is 6.53. The van der Waals surface area contributed by atoms with Gasteiger partial charge in [0.15, 0.2) is 0 Å². The first-order chi connectivity index (χ1) is 14.2. The second-order valence-corrected chi connectivity index (χ2v) is 6.53. The van der Waals surface area contributed by atoms with Gasteiger partial charge >= 0.3 is 0 Å². The van der Waals surface area contributed by atoms with Crippen LogP contribution in [0.3, 0.4) is 0 Å². The molecule has 0 radical (unpaired) electrons. The van der Waals surface area contributed by atoms with Crippen molar-refractivity contribution in [3.8, 4) is 17.2 Å². The van der Waals surface area contributed by atoms with Gasteiger partial charge in [0.2, 0.25) is 5.91 Å². The van der Waals surface area contributed by atoms with Gasteiger partial charge in [-0.3, -0.25) is 4.79 Å². The van der Waals surface area contributed by atoms with Crippen molar-refractivity contribution in [3.63, 3.8) is 0 Å². The quantitative estimate of drug-likeness (QED) is 0.529. The van der Waals surface area contributed by atoms with Gasteiger partial charge in [0.05, 0.1) is 7.11 Å². The predicted molar refractivity (Wildman–Crippen MR) is 116 cm³/mol. The lowest BCUT2D eigenvalue weighted by Crippen LogP contribution is -2.27. The summed E-state index contributed by atoms with van der Waals surface area (Å²) >= 11 is 0. The maximum absolute atomic E-state index is 12.0. The van der Waals surface area contributed by atoms with Crippen molar-refractivity contribution in [1.29, 1.82) is 0 Å². The standard InChI is InChI=1S/C24H26N2O3/c1-28-23-10-6-5-7-19(23)15-17-26-24(27)16-18-25-20-11-13-22(14-12-20)29-21-8-3-2-4-9-21/h2-14,25H,15-18H2,1H3,(H,26,27). The molecule has 0 aliphatic carbocycles. The lowest BCUT2D eigenvalue weighted by molar-refractivity contribution is -0.120. The van der Waals surface area contributed by atoms with Gasteiger partial charge in [-0.15, -0.1) is 0 Å². The number of nitrogens with one attached hydrogen (secondary N) is 2. The van der Waals surface area contributed by atoms with Crippen LogP contribution in [0, 0.1) is 0 Å². The van der Waals surface area contributed by atoms with Crippen LogP contribution in [0.4, 0.5) is 5.69 Å². The fourth-order valence-electron chi connectivity index (χ4n) is 2.92. The van der Waals surface area contributed by atoms with Crippen molar-refractivity contribution in [2.45, 2.75) is 12.8 Å². The first-order valence-corrected chi connectivity index (χ1v) is 9.70. The highest BCUT2D eigenvalue weighted by Gasteiger charge is 2.04. The van der Waals surface area contributed by atoms with Crippen molar-refractivity contribution >= 4 is 11.6 Å². The van der Waals surface area contributed by atoms with Crippen LogP contribution in [0.1, 0.15) is 12.0 Å². The number of rotatable bonds is 10. The highest BCUT2D eigenvalue weighted by molar-refractivity contribution is 5.76. The molecular weight excluding hydrogens is 364 g/mol. The summed E-state index contributed by atoms with van der Waals surface area (Å²) in [5.41, 5.74) is 2.04. The zero-order valence-corrected chi connectivity index (χ0v) is 16.6. The molecule has 5 nitrogen and oxygen atoms in total. The predicted octanol–water partition coefficient (Wildman–Crippen LogP) is 4.65. The van der Waals surface area contributed by atoms with E-state index >= 15 is 0 Å². The van der Waals surface area contributed by atoms with Gasteiger partial charge in [0.1, 0.15) is 17.2 Å². The number of hydrogen-bond donors (Lipinski definition) is 2. The molecular formula is C24H26N2O3. The SMILES string of the molecule is COc1ccccc1CCNC(=O)CCNc1ccc(Oc2ccccc2)cc1. The third-order valence-corrected chi connectivity index (χ3v) is 4.42. The largest absolute Gasteiger partial charge is 0.496 e. The summed E-state index contributed by atoms with van der Waals surface area (Å²) in [6, 6.07) is 25.2. The average Bonchev–Trinajstić information content (AvgIpc) is 2.76. The molecule has 0 aromatic heterocycles. The molecule has 0 fully saturated rings. The minimum atomic E-state index is 0.0245. The van der Waals surface area contributed by atoms with E-state index in [0.717, 1.165) is 34.9 Å². The normalized spacial score (nSPS) is 10.2. The molecule has 1 amide bonds. The van der Waals surface area contributed by atoms with Crippen LogP contribution in [0.5, 0.6) is 17.2 Å². The van der Waals surface area contributed by atoms with Crippen LogP contribution in [-0.4, -0.2) is 26.1 Å². The number of benzene rings is 3. The maximum atomic E-state index is 12.0. The molecule has 0 bridgehead atoms. The van der Waals surface area contributed by atoms with Crippen molar-refractivity contribution in [2.24, 2.45) is 0 Å². The molecule has 29 heavy (non-hydrogen) atoms. The van der Waals surface area contributed by atoms with Crippen molar-refractivity contribution in [2.75, 3.05) is 25.5 Å². The minimum Gasteiger partial charge on any atom is -0.496 e. The highest BCUT2D eigenvalue weighted by Crippen LogP contribution is 2.22. The summed E-state index contributed by atoms with van der Waals surface area (Å²) in [7, 11) is 1.66. The number of carbonyl (C=O) groups is 1. The molecule has 0 aliphatic rings. The number of ether oxygens (including phenoxy) is 2. The Morgan fingerprint density at radius 3 is 2.28 bits per heavy atom. The number of carbonyl (C=O) groups excluding carboxylic acids is 1. The Balaban J connectivity index is 1.35. The molecule has 2 N–H and O–H groups in total. The summed E-state index contributed by atoms with van der Waals surface area (Å²) < 4.78 is 11.1. The molecule has 0 aliphatic heterocycles. The van der Waals surface area contributed by atoms with E-state index in [1.165, 1.54) is 0 Å². The first-order valence-electron chi connectivity index (χ1n) is 9.70. The molecule has 3 aromatic carbocycles. The number of amides is 1. The van der Waals surface area contributed by atoms with E-state index in [0.29, 0.717) is 19.5 Å². The van der Waals surface area contributed by atoms with E-state index < -0.39 is 0 Å². The summed E-state index contributed by atoms with van der Waals surface area (Å²) in [6.07, 6.45) is 1.15. The van der Waals surface area contributed by atoms with Gasteiger partial charge in [0.25, 0.3) is 0 Å². The van der Waals surface area contributed by atoms with Gasteiger partial charge < -0.3 is 20.1 Å². The Kier molecular flexibility index (Phi) is 7.52. The van der Waals surface area contributed by atoms with Crippen molar-refractivity contribution in [1.82, 2.24) is 5.32 Å². The van der Waals surface area contributed by atoms with Crippen LogP contribution < -0.4 is 20.1 Å². The van der Waals surface area contributed by atoms with Gasteiger partial charge in [0, 0.05) is 25.2 Å². The third-order valence-electron chi connectivity index (χ3n) is 4.42. The molecule has 0 unspecified atom stereocenters. The van der Waals surface area contributed by atoms with Crippen molar-refractivity contribution in [3.05, 3.63) is 84.4 Å². The number of hydrogen-bond acceptors (Lipinski definition) is 4. The molecule has 0 saturated heterocycles. The molecule has 3 rings (SSSR count). The van der Waals surface area contributed by atoms with Gasteiger partial charge in [-0.1, -0.05) is 36.4 Å². The number of para-hydroxylation sites is 2. The fourth-order valence-corrected chi connectivity index (χ4v) is 2.92. The molecule has 0 atom stereocenters. The fraction of sp³-hybridized carbons (Fsp3) is 0.208. The van der Waals surface area contributed by atoms with Gasteiger partial charge in [-0.25, -0.2) is 0 Å². The molecule has 0 saturated carbocycles. The van der Waals surface area contributed by atoms with Gasteiger partial charge in [-0.2, -0.15) is 0 Å². The topological polar surface area (TPSA) is 59.6 Å². The van der Waals surface area contributed by atoms with E-state index in [1.54, 1.807) is 7.11 Å². The minimum absolute atomic E-state index is 0.0245. The Bertz CT molecular complexity index is 896. The molecule has 5 heteroatoms. The monoisotopic (exact) mass is 390 g/mol. The van der Waals surface area contributed by atoms with E-state index in [9.17, 15) is 4.79 Å². The Morgan fingerprint density at radius 1 is 0.828 bits per heavy atom. The summed E-state index contributed by atoms with van der Waals surface area (Å²) in [5, 5.41) is 6.21. The Morgan fingerprint density at radius 2 is 1.52 bits per heavy atom. The van der Waals surface area contributed by atoms with Crippen LogP contribution in [0.15, 0.2) is 78.9 Å². The zero-order chi connectivity index (χ0) is 20.3. The summed E-state index contributed by atoms with van der Waals surface area (Å²) in [4.78, 5) is 12.0. The van der Waals surface area contributed by atoms with E-state index in [1.807, 2.05) is 78.9 Å². The number of anilines is 1. The van der Waals surface area contributed by atoms with E-state index in [-0.39, 0.29) is 5.91 Å². The van der Waals surface area contributed by atoms with Crippen LogP contribution in [0.2, 0.25) is 0 Å². The van der Waals surface area contributed by atoms with Gasteiger partial charge in [-0.05, 0) is 54.4 Å².